The molecule has 0 spiro atoms. The van der Waals surface area contributed by atoms with Crippen molar-refractivity contribution in [1.29, 1.82) is 0 Å². The highest BCUT2D eigenvalue weighted by molar-refractivity contribution is 7.99. The number of fused-ring (bicyclic) bond motifs is 1. The van der Waals surface area contributed by atoms with Gasteiger partial charge in [0.05, 0.1) is 0 Å². The molecule has 29 heavy (non-hydrogen) atoms. The van der Waals surface area contributed by atoms with Gasteiger partial charge in [0, 0.05) is 55.2 Å². The highest BCUT2D eigenvalue weighted by atomic mass is 32.2. The molecule has 1 aromatic heterocycles. The molecule has 6 nitrogen and oxygen atoms in total. The number of hydrogen-bond donors (Lipinski definition) is 0. The maximum Gasteiger partial charge on any atom is 0.336 e. The molecule has 0 radical (unpaired) electrons. The molecule has 4 rings (SSSR count). The third-order valence-electron chi connectivity index (χ3n) is 5.92. The minimum atomic E-state index is -0.550. The van der Waals surface area contributed by atoms with Crippen LogP contribution in [0.1, 0.15) is 25.3 Å². The van der Waals surface area contributed by atoms with Crippen molar-refractivity contribution in [2.75, 3.05) is 37.7 Å². The summed E-state index contributed by atoms with van der Waals surface area (Å²) in [5, 5.41) is 0.822. The summed E-state index contributed by atoms with van der Waals surface area (Å²) >= 11 is 2.03. The Labute approximate surface area is 175 Å². The second kappa shape index (κ2) is 8.79. The fourth-order valence-corrected chi connectivity index (χ4v) is 5.21. The molecule has 1 aromatic carbocycles. The first-order chi connectivity index (χ1) is 14.0. The minimum Gasteiger partial charge on any atom is -0.481 e. The van der Waals surface area contributed by atoms with E-state index >= 15 is 0 Å². The number of carbonyl (C=O) groups excluding carboxylic acids is 1. The standard InChI is InChI=1S/C22H28N2O4S/c1-15-13-21(25)28-20-4-3-18(14-19(15)20)27-16(2)22(26)24-7-5-17(6-8-24)23-9-11-29-12-10-23/h3-4,13-14,16-17H,5-12H2,1-2H3. The second-order valence-electron chi connectivity index (χ2n) is 7.87. The van der Waals surface area contributed by atoms with Gasteiger partial charge < -0.3 is 14.1 Å². The summed E-state index contributed by atoms with van der Waals surface area (Å²) in [5.41, 5.74) is 0.998. The average molecular weight is 417 g/mol. The molecule has 7 heteroatoms. The van der Waals surface area contributed by atoms with E-state index in [1.807, 2.05) is 29.7 Å². The van der Waals surface area contributed by atoms with Crippen LogP contribution in [0.25, 0.3) is 11.0 Å². The maximum absolute atomic E-state index is 12.9. The van der Waals surface area contributed by atoms with Crippen LogP contribution in [0.4, 0.5) is 0 Å². The van der Waals surface area contributed by atoms with Crippen LogP contribution in [-0.4, -0.2) is 65.5 Å². The number of thioether (sulfide) groups is 1. The monoisotopic (exact) mass is 416 g/mol. The van der Waals surface area contributed by atoms with Crippen molar-refractivity contribution in [2.24, 2.45) is 0 Å². The molecule has 1 amide bonds. The van der Waals surface area contributed by atoms with Crippen LogP contribution in [0.3, 0.4) is 0 Å². The minimum absolute atomic E-state index is 0.0362. The Balaban J connectivity index is 1.36. The summed E-state index contributed by atoms with van der Waals surface area (Å²) in [5.74, 6) is 3.09. The molecule has 0 aliphatic carbocycles. The molecule has 2 aliphatic rings. The number of aryl methyl sites for hydroxylation is 1. The van der Waals surface area contributed by atoms with Gasteiger partial charge in [-0.2, -0.15) is 11.8 Å². The lowest BCUT2D eigenvalue weighted by Crippen LogP contribution is -2.51. The Morgan fingerprint density at radius 1 is 1.17 bits per heavy atom. The van der Waals surface area contributed by atoms with Crippen molar-refractivity contribution in [3.8, 4) is 5.75 Å². The number of likely N-dealkylation sites (tertiary alicyclic amines) is 1. The fraction of sp³-hybridized carbons (Fsp3) is 0.545. The predicted octanol–water partition coefficient (Wildman–Crippen LogP) is 2.91. The highest BCUT2D eigenvalue weighted by Crippen LogP contribution is 2.25. The van der Waals surface area contributed by atoms with E-state index in [2.05, 4.69) is 4.90 Å². The second-order valence-corrected chi connectivity index (χ2v) is 9.10. The van der Waals surface area contributed by atoms with Crippen LogP contribution >= 0.6 is 11.8 Å². The van der Waals surface area contributed by atoms with Crippen molar-refractivity contribution in [2.45, 2.75) is 38.8 Å². The van der Waals surface area contributed by atoms with E-state index in [0.29, 0.717) is 17.4 Å². The van der Waals surface area contributed by atoms with Crippen LogP contribution in [0.5, 0.6) is 5.75 Å². The SMILES string of the molecule is Cc1cc(=O)oc2ccc(OC(C)C(=O)N3CCC(N4CCSCC4)CC3)cc12. The third kappa shape index (κ3) is 4.61. The Bertz CT molecular complexity index is 930. The summed E-state index contributed by atoms with van der Waals surface area (Å²) in [6.45, 7) is 7.60. The average Bonchev–Trinajstić information content (AvgIpc) is 2.74. The van der Waals surface area contributed by atoms with Gasteiger partial charge in [-0.05, 0) is 50.5 Å². The third-order valence-corrected chi connectivity index (χ3v) is 6.86. The van der Waals surface area contributed by atoms with Gasteiger partial charge in [0.15, 0.2) is 6.10 Å². The first-order valence-corrected chi connectivity index (χ1v) is 11.5. The summed E-state index contributed by atoms with van der Waals surface area (Å²) in [6, 6.07) is 7.37. The Morgan fingerprint density at radius 3 is 2.62 bits per heavy atom. The topological polar surface area (TPSA) is 63.0 Å². The number of hydrogen-bond acceptors (Lipinski definition) is 6. The number of carbonyl (C=O) groups is 1. The molecule has 1 atom stereocenters. The lowest BCUT2D eigenvalue weighted by atomic mass is 10.0. The maximum atomic E-state index is 12.9. The number of amides is 1. The van der Waals surface area contributed by atoms with Gasteiger partial charge in [-0.1, -0.05) is 0 Å². The largest absolute Gasteiger partial charge is 0.481 e. The number of rotatable bonds is 4. The molecule has 0 saturated carbocycles. The smallest absolute Gasteiger partial charge is 0.336 e. The Morgan fingerprint density at radius 2 is 1.90 bits per heavy atom. The van der Waals surface area contributed by atoms with Crippen LogP contribution in [0.15, 0.2) is 33.5 Å². The molecule has 2 aliphatic heterocycles. The van der Waals surface area contributed by atoms with E-state index in [4.69, 9.17) is 9.15 Å². The molecule has 1 unspecified atom stereocenters. The first kappa shape index (κ1) is 20.3. The number of benzene rings is 1. The zero-order valence-electron chi connectivity index (χ0n) is 17.1. The molecular formula is C22H28N2O4S. The van der Waals surface area contributed by atoms with E-state index < -0.39 is 6.10 Å². The van der Waals surface area contributed by atoms with Gasteiger partial charge in [-0.25, -0.2) is 4.79 Å². The van der Waals surface area contributed by atoms with Gasteiger partial charge in [0.2, 0.25) is 0 Å². The van der Waals surface area contributed by atoms with Crippen LogP contribution in [0, 0.1) is 6.92 Å². The van der Waals surface area contributed by atoms with Crippen molar-refractivity contribution in [3.05, 3.63) is 40.2 Å². The van der Waals surface area contributed by atoms with Crippen LogP contribution in [-0.2, 0) is 4.79 Å². The van der Waals surface area contributed by atoms with Crippen molar-refractivity contribution in [1.82, 2.24) is 9.80 Å². The van der Waals surface area contributed by atoms with Gasteiger partial charge in [-0.3, -0.25) is 9.69 Å². The van der Waals surface area contributed by atoms with Gasteiger partial charge in [0.1, 0.15) is 11.3 Å². The summed E-state index contributed by atoms with van der Waals surface area (Å²) < 4.78 is 11.2. The van der Waals surface area contributed by atoms with E-state index in [1.54, 1.807) is 19.1 Å². The van der Waals surface area contributed by atoms with E-state index in [9.17, 15) is 9.59 Å². The first-order valence-electron chi connectivity index (χ1n) is 10.3. The lowest BCUT2D eigenvalue weighted by molar-refractivity contribution is -0.139. The number of ether oxygens (including phenoxy) is 1. The molecule has 156 valence electrons. The summed E-state index contributed by atoms with van der Waals surface area (Å²) in [4.78, 5) is 28.9. The number of nitrogens with zero attached hydrogens (tertiary/aromatic N) is 2. The fourth-order valence-electron chi connectivity index (χ4n) is 4.28. The van der Waals surface area contributed by atoms with Gasteiger partial charge in [-0.15, -0.1) is 0 Å². The zero-order chi connectivity index (χ0) is 20.4. The Hall–Kier alpha value is -1.99. The quantitative estimate of drug-likeness (QED) is 0.714. The van der Waals surface area contributed by atoms with E-state index in [1.165, 1.54) is 30.7 Å². The van der Waals surface area contributed by atoms with Gasteiger partial charge >= 0.3 is 5.63 Å². The van der Waals surface area contributed by atoms with E-state index in [0.717, 1.165) is 36.9 Å². The highest BCUT2D eigenvalue weighted by Gasteiger charge is 2.30. The van der Waals surface area contributed by atoms with Gasteiger partial charge in [0.25, 0.3) is 5.91 Å². The predicted molar refractivity (Wildman–Crippen MR) is 116 cm³/mol. The molecule has 3 heterocycles. The molecule has 0 N–H and O–H groups in total. The van der Waals surface area contributed by atoms with Crippen LogP contribution in [0.2, 0.25) is 0 Å². The molecular weight excluding hydrogens is 388 g/mol. The molecule has 2 fully saturated rings. The summed E-state index contributed by atoms with van der Waals surface area (Å²) in [6.07, 6.45) is 1.53. The van der Waals surface area contributed by atoms with Crippen LogP contribution < -0.4 is 10.4 Å². The van der Waals surface area contributed by atoms with E-state index in [-0.39, 0.29) is 11.5 Å². The molecule has 2 aromatic rings. The molecule has 0 bridgehead atoms. The normalized spacial score (nSPS) is 20.0. The van der Waals surface area contributed by atoms with Crippen molar-refractivity contribution in [3.63, 3.8) is 0 Å². The zero-order valence-corrected chi connectivity index (χ0v) is 17.9. The number of piperidine rings is 1. The lowest BCUT2D eigenvalue weighted by Gasteiger charge is -2.40. The Kier molecular flexibility index (Phi) is 6.15. The molecule has 2 saturated heterocycles. The van der Waals surface area contributed by atoms with Crippen molar-refractivity contribution >= 4 is 28.6 Å². The summed E-state index contributed by atoms with van der Waals surface area (Å²) in [7, 11) is 0. The van der Waals surface area contributed by atoms with Crippen molar-refractivity contribution < 1.29 is 13.9 Å².